The smallest absolute Gasteiger partial charge is 0.347 e. The van der Waals surface area contributed by atoms with Gasteiger partial charge in [-0.2, -0.15) is 0 Å². The largest absolute Gasteiger partial charge is 0.481 e. The zero-order chi connectivity index (χ0) is 18.9. The van der Waals surface area contributed by atoms with Crippen LogP contribution >= 0.6 is 7.60 Å². The molecule has 0 saturated carbocycles. The van der Waals surface area contributed by atoms with Crippen LogP contribution in [-0.2, 0) is 34.5 Å². The van der Waals surface area contributed by atoms with Crippen LogP contribution in [0.1, 0.15) is 25.8 Å². The van der Waals surface area contributed by atoms with Gasteiger partial charge in [0.2, 0.25) is 0 Å². The third-order valence-electron chi connectivity index (χ3n) is 3.31. The predicted octanol–water partition coefficient (Wildman–Crippen LogP) is 2.37. The van der Waals surface area contributed by atoms with Crippen molar-refractivity contribution in [1.29, 1.82) is 0 Å². The van der Waals surface area contributed by atoms with Crippen molar-refractivity contribution in [2.45, 2.75) is 32.7 Å². The van der Waals surface area contributed by atoms with Gasteiger partial charge in [-0.1, -0.05) is 30.3 Å². The van der Waals surface area contributed by atoms with E-state index >= 15 is 0 Å². The van der Waals surface area contributed by atoms with Crippen LogP contribution in [0.2, 0.25) is 0 Å². The van der Waals surface area contributed by atoms with Crippen molar-refractivity contribution in [3.8, 4) is 0 Å². The summed E-state index contributed by atoms with van der Waals surface area (Å²) >= 11 is 0. The standard InChI is InChI=1S/C16H24NO7P/c1-3-23-25(21,24-4-2)14(17)10-13(15(18)19)16(20)22-11-12-8-6-5-7-9-12/h5-9,13-14H,3-4,10-11,17H2,1-2H3,(H,18,19). The number of aliphatic carboxylic acids is 1. The molecule has 0 heterocycles. The highest BCUT2D eigenvalue weighted by molar-refractivity contribution is 7.54. The number of carbonyl (C=O) groups excluding carboxylic acids is 1. The summed E-state index contributed by atoms with van der Waals surface area (Å²) in [5.74, 6) is -5.18. The first-order valence-electron chi connectivity index (χ1n) is 7.91. The quantitative estimate of drug-likeness (QED) is 0.344. The van der Waals surface area contributed by atoms with Gasteiger partial charge in [0.1, 0.15) is 12.4 Å². The summed E-state index contributed by atoms with van der Waals surface area (Å²) in [7, 11) is -3.71. The van der Waals surface area contributed by atoms with Crippen molar-refractivity contribution in [1.82, 2.24) is 0 Å². The van der Waals surface area contributed by atoms with E-state index < -0.39 is 37.7 Å². The number of nitrogens with two attached hydrogens (primary N) is 1. The number of benzene rings is 1. The second kappa shape index (κ2) is 10.3. The maximum Gasteiger partial charge on any atom is 0.347 e. The molecule has 0 spiro atoms. The third kappa shape index (κ3) is 6.59. The minimum Gasteiger partial charge on any atom is -0.481 e. The molecule has 2 atom stereocenters. The van der Waals surface area contributed by atoms with Crippen molar-refractivity contribution < 1.29 is 33.0 Å². The van der Waals surface area contributed by atoms with Crippen LogP contribution < -0.4 is 5.73 Å². The van der Waals surface area contributed by atoms with Gasteiger partial charge in [0, 0.05) is 0 Å². The van der Waals surface area contributed by atoms with E-state index in [2.05, 4.69) is 0 Å². The number of carboxylic acids is 1. The molecule has 3 N–H and O–H groups in total. The summed E-state index contributed by atoms with van der Waals surface area (Å²) in [5.41, 5.74) is 6.54. The average Bonchev–Trinajstić information content (AvgIpc) is 2.58. The molecule has 0 radical (unpaired) electrons. The highest BCUT2D eigenvalue weighted by atomic mass is 31.2. The Labute approximate surface area is 146 Å². The molecule has 0 amide bonds. The molecule has 0 saturated heterocycles. The van der Waals surface area contributed by atoms with Gasteiger partial charge in [0.05, 0.1) is 13.2 Å². The monoisotopic (exact) mass is 373 g/mol. The number of hydrogen-bond donors (Lipinski definition) is 2. The first-order valence-corrected chi connectivity index (χ1v) is 9.53. The molecule has 140 valence electrons. The molecule has 1 aromatic carbocycles. The number of carbonyl (C=O) groups is 2. The van der Waals surface area contributed by atoms with Crippen LogP contribution in [0.3, 0.4) is 0 Å². The minimum atomic E-state index is -3.71. The maximum atomic E-state index is 12.6. The molecule has 0 aliphatic rings. The van der Waals surface area contributed by atoms with Crippen LogP contribution in [0, 0.1) is 5.92 Å². The molecule has 0 aliphatic heterocycles. The Morgan fingerprint density at radius 2 is 1.72 bits per heavy atom. The zero-order valence-electron chi connectivity index (χ0n) is 14.3. The Morgan fingerprint density at radius 1 is 1.16 bits per heavy atom. The van der Waals surface area contributed by atoms with E-state index in [0.29, 0.717) is 0 Å². The molecule has 25 heavy (non-hydrogen) atoms. The summed E-state index contributed by atoms with van der Waals surface area (Å²) in [6.07, 6.45) is -0.416. The SMILES string of the molecule is CCOP(=O)(OCC)C(N)CC(C(=O)O)C(=O)OCc1ccccc1. The molecule has 1 rings (SSSR count). The first kappa shape index (κ1) is 21.3. The van der Waals surface area contributed by atoms with Gasteiger partial charge in [-0.3, -0.25) is 14.2 Å². The topological polar surface area (TPSA) is 125 Å². The Balaban J connectivity index is 2.76. The number of hydrogen-bond acceptors (Lipinski definition) is 7. The molecule has 2 unspecified atom stereocenters. The molecule has 0 aliphatic carbocycles. The molecule has 0 aromatic heterocycles. The van der Waals surface area contributed by atoms with E-state index in [9.17, 15) is 19.3 Å². The number of carboxylic acid groups (broad SMARTS) is 1. The summed E-state index contributed by atoms with van der Waals surface area (Å²) < 4.78 is 27.8. The molecule has 0 bridgehead atoms. The van der Waals surface area contributed by atoms with Gasteiger partial charge in [-0.15, -0.1) is 0 Å². The highest BCUT2D eigenvalue weighted by Crippen LogP contribution is 2.52. The summed E-state index contributed by atoms with van der Waals surface area (Å²) in [4.78, 5) is 23.5. The summed E-state index contributed by atoms with van der Waals surface area (Å²) in [6, 6.07) is 8.84. The Bertz CT molecular complexity index is 598. The second-order valence-corrected chi connectivity index (χ2v) is 7.42. The zero-order valence-corrected chi connectivity index (χ0v) is 15.2. The minimum absolute atomic E-state index is 0.0622. The van der Waals surface area contributed by atoms with E-state index in [4.69, 9.17) is 19.5 Å². The fraction of sp³-hybridized carbons (Fsp3) is 0.500. The van der Waals surface area contributed by atoms with Crippen LogP contribution in [0.15, 0.2) is 30.3 Å². The summed E-state index contributed by atoms with van der Waals surface area (Å²) in [6.45, 7) is 3.33. The van der Waals surface area contributed by atoms with Gasteiger partial charge in [0.15, 0.2) is 5.92 Å². The number of ether oxygens (including phenoxy) is 1. The fourth-order valence-electron chi connectivity index (χ4n) is 2.09. The average molecular weight is 373 g/mol. The highest BCUT2D eigenvalue weighted by Gasteiger charge is 2.39. The number of esters is 1. The van der Waals surface area contributed by atoms with Crippen LogP contribution in [0.25, 0.3) is 0 Å². The number of rotatable bonds is 11. The Hall–Kier alpha value is -1.73. The van der Waals surface area contributed by atoms with E-state index in [0.717, 1.165) is 5.56 Å². The van der Waals surface area contributed by atoms with Gasteiger partial charge < -0.3 is 24.6 Å². The van der Waals surface area contributed by atoms with Crippen LogP contribution in [0.5, 0.6) is 0 Å². The lowest BCUT2D eigenvalue weighted by Gasteiger charge is -2.24. The van der Waals surface area contributed by atoms with Crippen molar-refractivity contribution >= 4 is 19.5 Å². The predicted molar refractivity (Wildman–Crippen MR) is 90.8 cm³/mol. The van der Waals surface area contributed by atoms with E-state index in [1.54, 1.807) is 38.1 Å². The molecular formula is C16H24NO7P. The van der Waals surface area contributed by atoms with Gasteiger partial charge >= 0.3 is 19.5 Å². The van der Waals surface area contributed by atoms with E-state index in [1.165, 1.54) is 0 Å². The van der Waals surface area contributed by atoms with Crippen molar-refractivity contribution in [2.24, 2.45) is 11.7 Å². The molecule has 1 aromatic rings. The lowest BCUT2D eigenvalue weighted by atomic mass is 10.1. The summed E-state index contributed by atoms with van der Waals surface area (Å²) in [5, 5.41) is 9.29. The van der Waals surface area contributed by atoms with E-state index in [1.807, 2.05) is 6.07 Å². The first-order chi connectivity index (χ1) is 11.8. The van der Waals surface area contributed by atoms with Crippen LogP contribution in [-0.4, -0.2) is 36.0 Å². The van der Waals surface area contributed by atoms with Gasteiger partial charge in [-0.25, -0.2) is 0 Å². The molecule has 0 fully saturated rings. The van der Waals surface area contributed by atoms with Gasteiger partial charge in [-0.05, 0) is 25.8 Å². The maximum absolute atomic E-state index is 12.6. The third-order valence-corrected chi connectivity index (χ3v) is 5.57. The molecule has 9 heteroatoms. The Kier molecular flexibility index (Phi) is 8.78. The van der Waals surface area contributed by atoms with Gasteiger partial charge in [0.25, 0.3) is 0 Å². The fourth-order valence-corrected chi connectivity index (χ4v) is 3.73. The second-order valence-electron chi connectivity index (χ2n) is 5.16. The van der Waals surface area contributed by atoms with Crippen molar-refractivity contribution in [3.05, 3.63) is 35.9 Å². The Morgan fingerprint density at radius 3 is 2.20 bits per heavy atom. The lowest BCUT2D eigenvalue weighted by molar-refractivity contribution is -0.159. The van der Waals surface area contributed by atoms with Crippen molar-refractivity contribution in [3.63, 3.8) is 0 Å². The molecule has 8 nitrogen and oxygen atoms in total. The lowest BCUT2D eigenvalue weighted by Crippen LogP contribution is -2.34. The van der Waals surface area contributed by atoms with E-state index in [-0.39, 0.29) is 19.8 Å². The van der Waals surface area contributed by atoms with Crippen LogP contribution in [0.4, 0.5) is 0 Å². The molecular weight excluding hydrogens is 349 g/mol. The van der Waals surface area contributed by atoms with Crippen molar-refractivity contribution in [2.75, 3.05) is 13.2 Å². The normalized spacial score (nSPS) is 13.9.